The molecule has 0 radical (unpaired) electrons. The molecule has 4 nitrogen and oxygen atoms in total. The van der Waals surface area contributed by atoms with Gasteiger partial charge in [0.15, 0.2) is 0 Å². The van der Waals surface area contributed by atoms with Crippen molar-refractivity contribution in [1.82, 2.24) is 9.29 Å². The summed E-state index contributed by atoms with van der Waals surface area (Å²) >= 11 is 5.76. The first-order valence-electron chi connectivity index (χ1n) is 6.19. The monoisotopic (exact) mass is 288 g/mol. The van der Waals surface area contributed by atoms with E-state index in [2.05, 4.69) is 4.98 Å². The van der Waals surface area contributed by atoms with Crippen molar-refractivity contribution in [2.75, 3.05) is 6.54 Å². The molecular formula is C12H17ClN2O2S. The maximum atomic E-state index is 12.5. The second-order valence-electron chi connectivity index (χ2n) is 4.46. The average Bonchev–Trinajstić information content (AvgIpc) is 2.83. The topological polar surface area (TPSA) is 50.3 Å². The maximum Gasteiger partial charge on any atom is 0.243 e. The molecule has 1 aromatic rings. The van der Waals surface area contributed by atoms with Crippen molar-refractivity contribution in [3.05, 3.63) is 23.5 Å². The third-order valence-corrected chi connectivity index (χ3v) is 5.58. The third-order valence-electron chi connectivity index (χ3n) is 3.35. The van der Waals surface area contributed by atoms with Crippen LogP contribution in [0.15, 0.2) is 23.2 Å². The van der Waals surface area contributed by atoms with Crippen molar-refractivity contribution < 1.29 is 8.42 Å². The molecular weight excluding hydrogens is 272 g/mol. The molecule has 6 heteroatoms. The Bertz CT molecular complexity index is 513. The number of hydrogen-bond donors (Lipinski definition) is 0. The second kappa shape index (κ2) is 5.55. The van der Waals surface area contributed by atoms with Crippen LogP contribution in [0.25, 0.3) is 0 Å². The van der Waals surface area contributed by atoms with Gasteiger partial charge in [-0.05, 0) is 25.0 Å². The Hall–Kier alpha value is -0.650. The molecule has 0 amide bonds. The molecule has 0 spiro atoms. The maximum absolute atomic E-state index is 12.5. The van der Waals surface area contributed by atoms with Crippen LogP contribution < -0.4 is 0 Å². The number of hydrogen-bond acceptors (Lipinski definition) is 3. The number of rotatable bonds is 4. The molecule has 18 heavy (non-hydrogen) atoms. The van der Waals surface area contributed by atoms with Gasteiger partial charge in [-0.2, -0.15) is 4.31 Å². The normalized spacial score (nSPS) is 17.5. The molecule has 2 rings (SSSR count). The molecule has 1 heterocycles. The number of pyridine rings is 1. The van der Waals surface area contributed by atoms with Crippen LogP contribution >= 0.6 is 11.6 Å². The number of aromatic nitrogens is 1. The smallest absolute Gasteiger partial charge is 0.243 e. The lowest BCUT2D eigenvalue weighted by Crippen LogP contribution is -2.38. The average molecular weight is 289 g/mol. The van der Waals surface area contributed by atoms with Gasteiger partial charge in [0, 0.05) is 18.8 Å². The summed E-state index contributed by atoms with van der Waals surface area (Å²) in [6, 6.07) is 3.04. The Morgan fingerprint density at radius 1 is 1.44 bits per heavy atom. The van der Waals surface area contributed by atoms with Gasteiger partial charge in [-0.15, -0.1) is 0 Å². The van der Waals surface area contributed by atoms with Gasteiger partial charge in [0.25, 0.3) is 0 Å². The summed E-state index contributed by atoms with van der Waals surface area (Å²) in [5.41, 5.74) is 0. The zero-order valence-electron chi connectivity index (χ0n) is 10.3. The van der Waals surface area contributed by atoms with Gasteiger partial charge in [-0.3, -0.25) is 0 Å². The summed E-state index contributed by atoms with van der Waals surface area (Å²) < 4.78 is 26.7. The fourth-order valence-electron chi connectivity index (χ4n) is 2.50. The Balaban J connectivity index is 2.33. The van der Waals surface area contributed by atoms with Crippen molar-refractivity contribution in [1.29, 1.82) is 0 Å². The van der Waals surface area contributed by atoms with E-state index in [1.54, 1.807) is 4.31 Å². The highest BCUT2D eigenvalue weighted by molar-refractivity contribution is 7.89. The van der Waals surface area contributed by atoms with Crippen LogP contribution in [-0.4, -0.2) is 30.3 Å². The molecule has 1 fully saturated rings. The van der Waals surface area contributed by atoms with E-state index in [0.29, 0.717) is 6.54 Å². The van der Waals surface area contributed by atoms with E-state index in [4.69, 9.17) is 11.6 Å². The van der Waals surface area contributed by atoms with Crippen LogP contribution in [0.4, 0.5) is 0 Å². The molecule has 0 aromatic carbocycles. The van der Waals surface area contributed by atoms with E-state index < -0.39 is 10.0 Å². The van der Waals surface area contributed by atoms with Gasteiger partial charge >= 0.3 is 0 Å². The van der Waals surface area contributed by atoms with Gasteiger partial charge < -0.3 is 0 Å². The number of nitrogens with zero attached hydrogens (tertiary/aromatic N) is 2. The molecule has 1 aromatic heterocycles. The van der Waals surface area contributed by atoms with E-state index in [1.807, 2.05) is 6.92 Å². The van der Waals surface area contributed by atoms with E-state index in [0.717, 1.165) is 25.7 Å². The predicted octanol–water partition coefficient (Wildman–Crippen LogP) is 2.69. The lowest BCUT2D eigenvalue weighted by Gasteiger charge is -2.26. The van der Waals surface area contributed by atoms with Crippen LogP contribution in [0.1, 0.15) is 32.6 Å². The van der Waals surface area contributed by atoms with Gasteiger partial charge in [-0.25, -0.2) is 13.4 Å². The predicted molar refractivity (Wildman–Crippen MR) is 71.1 cm³/mol. The summed E-state index contributed by atoms with van der Waals surface area (Å²) in [5.74, 6) is 0. The first-order chi connectivity index (χ1) is 8.55. The fourth-order valence-corrected chi connectivity index (χ4v) is 4.44. The molecule has 0 aliphatic heterocycles. The molecule has 1 aliphatic rings. The molecule has 0 bridgehead atoms. The zero-order valence-corrected chi connectivity index (χ0v) is 11.9. The van der Waals surface area contributed by atoms with Gasteiger partial charge in [-0.1, -0.05) is 31.4 Å². The van der Waals surface area contributed by atoms with Crippen LogP contribution in [0.2, 0.25) is 5.15 Å². The Kier molecular flexibility index (Phi) is 4.25. The summed E-state index contributed by atoms with van der Waals surface area (Å²) in [6.45, 7) is 2.37. The Labute approximate surface area is 113 Å². The van der Waals surface area contributed by atoms with Gasteiger partial charge in [0.2, 0.25) is 10.0 Å². The quantitative estimate of drug-likeness (QED) is 0.801. The van der Waals surface area contributed by atoms with E-state index >= 15 is 0 Å². The van der Waals surface area contributed by atoms with E-state index in [1.165, 1.54) is 18.3 Å². The molecule has 0 saturated heterocycles. The third kappa shape index (κ3) is 2.68. The minimum absolute atomic E-state index is 0.131. The zero-order chi connectivity index (χ0) is 13.2. The number of halogens is 1. The first kappa shape index (κ1) is 13.8. The lowest BCUT2D eigenvalue weighted by atomic mass is 10.2. The van der Waals surface area contributed by atoms with E-state index in [9.17, 15) is 8.42 Å². The van der Waals surface area contributed by atoms with Crippen LogP contribution in [0.5, 0.6) is 0 Å². The highest BCUT2D eigenvalue weighted by Gasteiger charge is 2.32. The SMILES string of the molecule is CCN(C1CCCC1)S(=O)(=O)c1ccnc(Cl)c1. The summed E-state index contributed by atoms with van der Waals surface area (Å²) in [7, 11) is -3.45. The minimum atomic E-state index is -3.45. The second-order valence-corrected chi connectivity index (χ2v) is 6.74. The first-order valence-corrected chi connectivity index (χ1v) is 8.01. The molecule has 0 unspecified atom stereocenters. The van der Waals surface area contributed by atoms with Crippen LogP contribution in [0, 0.1) is 0 Å². The van der Waals surface area contributed by atoms with Crippen molar-refractivity contribution in [3.63, 3.8) is 0 Å². The lowest BCUT2D eigenvalue weighted by molar-refractivity contribution is 0.335. The van der Waals surface area contributed by atoms with Crippen molar-refractivity contribution in [2.45, 2.75) is 43.5 Å². The summed E-state index contributed by atoms with van der Waals surface area (Å²) in [4.78, 5) is 4.05. The largest absolute Gasteiger partial charge is 0.244 e. The van der Waals surface area contributed by atoms with Gasteiger partial charge in [0.1, 0.15) is 5.15 Å². The van der Waals surface area contributed by atoms with Crippen molar-refractivity contribution in [2.24, 2.45) is 0 Å². The van der Waals surface area contributed by atoms with Crippen LogP contribution in [0.3, 0.4) is 0 Å². The molecule has 1 aliphatic carbocycles. The Morgan fingerprint density at radius 2 is 2.11 bits per heavy atom. The highest BCUT2D eigenvalue weighted by Crippen LogP contribution is 2.28. The highest BCUT2D eigenvalue weighted by atomic mass is 35.5. The Morgan fingerprint density at radius 3 is 2.67 bits per heavy atom. The minimum Gasteiger partial charge on any atom is -0.244 e. The van der Waals surface area contributed by atoms with Gasteiger partial charge in [0.05, 0.1) is 4.90 Å². The van der Waals surface area contributed by atoms with Crippen molar-refractivity contribution >= 4 is 21.6 Å². The summed E-state index contributed by atoms with van der Waals surface area (Å²) in [6.07, 6.45) is 5.54. The summed E-state index contributed by atoms with van der Waals surface area (Å²) in [5, 5.41) is 0.207. The molecule has 100 valence electrons. The number of sulfonamides is 1. The molecule has 0 N–H and O–H groups in total. The molecule has 0 atom stereocenters. The van der Waals surface area contributed by atoms with Crippen molar-refractivity contribution in [3.8, 4) is 0 Å². The van der Waals surface area contributed by atoms with Crippen LogP contribution in [-0.2, 0) is 10.0 Å². The fraction of sp³-hybridized carbons (Fsp3) is 0.583. The van der Waals surface area contributed by atoms with E-state index in [-0.39, 0.29) is 16.1 Å². The molecule has 1 saturated carbocycles. The standard InChI is InChI=1S/C12H17ClN2O2S/c1-2-15(10-5-3-4-6-10)18(16,17)11-7-8-14-12(13)9-11/h7-10H,2-6H2,1H3.